The molecule has 0 radical (unpaired) electrons. The lowest BCUT2D eigenvalue weighted by atomic mass is 10.2. The van der Waals surface area contributed by atoms with E-state index in [2.05, 4.69) is 10.4 Å². The van der Waals surface area contributed by atoms with Crippen LogP contribution in [0.25, 0.3) is 0 Å². The molecule has 0 saturated carbocycles. The minimum absolute atomic E-state index is 0.0381. The average molecular weight is 260 g/mol. The highest BCUT2D eigenvalue weighted by atomic mass is 16.6. The van der Waals surface area contributed by atoms with Crippen molar-refractivity contribution in [3.63, 3.8) is 0 Å². The zero-order valence-corrected chi connectivity index (χ0v) is 10.2. The summed E-state index contributed by atoms with van der Waals surface area (Å²) in [5.41, 5.74) is 1.23. The minimum Gasteiger partial charge on any atom is -0.348 e. The van der Waals surface area contributed by atoms with Crippen LogP contribution >= 0.6 is 0 Å². The fraction of sp³-hybridized carbons (Fsp3) is 0.167. The molecule has 7 heteroatoms. The molecule has 0 aliphatic carbocycles. The van der Waals surface area contributed by atoms with Gasteiger partial charge in [-0.1, -0.05) is 0 Å². The number of nitrogens with zero attached hydrogens (tertiary/aromatic N) is 3. The maximum absolute atomic E-state index is 11.8. The molecule has 1 N–H and O–H groups in total. The number of non-ortho nitro benzene ring substituents is 1. The quantitative estimate of drug-likeness (QED) is 0.661. The van der Waals surface area contributed by atoms with Crippen molar-refractivity contribution < 1.29 is 9.72 Å². The van der Waals surface area contributed by atoms with Crippen LogP contribution in [0.3, 0.4) is 0 Å². The molecule has 0 aliphatic rings. The molecular weight excluding hydrogens is 248 g/mol. The Morgan fingerprint density at radius 2 is 2.11 bits per heavy atom. The van der Waals surface area contributed by atoms with Crippen molar-refractivity contribution in [1.82, 2.24) is 15.1 Å². The maximum atomic E-state index is 11.8. The predicted octanol–water partition coefficient (Wildman–Crippen LogP) is 1.26. The molecule has 7 nitrogen and oxygen atoms in total. The van der Waals surface area contributed by atoms with Gasteiger partial charge in [-0.2, -0.15) is 5.10 Å². The van der Waals surface area contributed by atoms with Crippen LogP contribution in [-0.4, -0.2) is 20.6 Å². The van der Waals surface area contributed by atoms with Gasteiger partial charge in [0, 0.05) is 43.0 Å². The van der Waals surface area contributed by atoms with Gasteiger partial charge in [0.15, 0.2) is 0 Å². The number of carbonyl (C=O) groups excluding carboxylic acids is 1. The summed E-state index contributed by atoms with van der Waals surface area (Å²) < 4.78 is 1.65. The number of rotatable bonds is 4. The van der Waals surface area contributed by atoms with E-state index in [1.54, 1.807) is 24.1 Å². The van der Waals surface area contributed by atoms with E-state index in [0.29, 0.717) is 12.1 Å². The molecule has 0 spiro atoms. The fourth-order valence-electron chi connectivity index (χ4n) is 1.58. The third-order valence-corrected chi connectivity index (χ3v) is 2.55. The van der Waals surface area contributed by atoms with Crippen molar-refractivity contribution in [2.45, 2.75) is 6.54 Å². The lowest BCUT2D eigenvalue weighted by Gasteiger charge is -2.03. The highest BCUT2D eigenvalue weighted by Crippen LogP contribution is 2.11. The van der Waals surface area contributed by atoms with Crippen LogP contribution < -0.4 is 5.32 Å². The Bertz CT molecular complexity index is 604. The molecular formula is C12H12N4O3. The number of aromatic nitrogens is 2. The number of nitro groups is 1. The number of carbonyl (C=O) groups is 1. The maximum Gasteiger partial charge on any atom is 0.269 e. The predicted molar refractivity (Wildman–Crippen MR) is 67.5 cm³/mol. The van der Waals surface area contributed by atoms with Crippen LogP contribution in [0.15, 0.2) is 36.7 Å². The number of aryl methyl sites for hydroxylation is 1. The van der Waals surface area contributed by atoms with Crippen molar-refractivity contribution in [1.29, 1.82) is 0 Å². The smallest absolute Gasteiger partial charge is 0.269 e. The number of nitro benzene ring substituents is 1. The molecule has 1 aromatic carbocycles. The zero-order valence-electron chi connectivity index (χ0n) is 10.2. The van der Waals surface area contributed by atoms with Gasteiger partial charge in [-0.25, -0.2) is 0 Å². The largest absolute Gasteiger partial charge is 0.348 e. The Hall–Kier alpha value is -2.70. The summed E-state index contributed by atoms with van der Waals surface area (Å²) in [5, 5.41) is 17.2. The highest BCUT2D eigenvalue weighted by molar-refractivity contribution is 5.94. The van der Waals surface area contributed by atoms with Crippen molar-refractivity contribution in [2.75, 3.05) is 0 Å². The van der Waals surface area contributed by atoms with Crippen LogP contribution in [0.1, 0.15) is 15.9 Å². The first kappa shape index (κ1) is 12.7. The Morgan fingerprint density at radius 3 is 2.63 bits per heavy atom. The molecule has 1 aromatic heterocycles. The van der Waals surface area contributed by atoms with Crippen molar-refractivity contribution >= 4 is 11.6 Å². The molecule has 0 atom stereocenters. The molecule has 19 heavy (non-hydrogen) atoms. The third kappa shape index (κ3) is 3.15. The third-order valence-electron chi connectivity index (χ3n) is 2.55. The Balaban J connectivity index is 1.98. The Kier molecular flexibility index (Phi) is 3.56. The first-order valence-electron chi connectivity index (χ1n) is 5.56. The summed E-state index contributed by atoms with van der Waals surface area (Å²) in [6.07, 6.45) is 3.46. The van der Waals surface area contributed by atoms with Crippen LogP contribution in [0.5, 0.6) is 0 Å². The molecule has 0 fully saturated rings. The highest BCUT2D eigenvalue weighted by Gasteiger charge is 2.09. The number of nitrogens with one attached hydrogen (secondary N) is 1. The van der Waals surface area contributed by atoms with E-state index in [1.807, 2.05) is 0 Å². The van der Waals surface area contributed by atoms with E-state index in [4.69, 9.17) is 0 Å². The number of hydrogen-bond acceptors (Lipinski definition) is 4. The minimum atomic E-state index is -0.503. The monoisotopic (exact) mass is 260 g/mol. The van der Waals surface area contributed by atoms with Gasteiger partial charge >= 0.3 is 0 Å². The van der Waals surface area contributed by atoms with Crippen LogP contribution in [0.4, 0.5) is 5.69 Å². The van der Waals surface area contributed by atoms with E-state index in [1.165, 1.54) is 24.3 Å². The second-order valence-corrected chi connectivity index (χ2v) is 4.01. The van der Waals surface area contributed by atoms with Gasteiger partial charge in [0.1, 0.15) is 0 Å². The Morgan fingerprint density at radius 1 is 1.42 bits per heavy atom. The van der Waals surface area contributed by atoms with Crippen molar-refractivity contribution in [3.8, 4) is 0 Å². The van der Waals surface area contributed by atoms with Crippen LogP contribution in [0, 0.1) is 10.1 Å². The van der Waals surface area contributed by atoms with Gasteiger partial charge in [-0.3, -0.25) is 19.6 Å². The first-order valence-corrected chi connectivity index (χ1v) is 5.56. The first-order chi connectivity index (χ1) is 9.06. The van der Waals surface area contributed by atoms with E-state index in [0.717, 1.165) is 5.56 Å². The van der Waals surface area contributed by atoms with E-state index >= 15 is 0 Å². The molecule has 0 unspecified atom stereocenters. The van der Waals surface area contributed by atoms with Gasteiger partial charge in [0.25, 0.3) is 11.6 Å². The summed E-state index contributed by atoms with van der Waals surface area (Å²) in [6, 6.07) is 5.46. The summed E-state index contributed by atoms with van der Waals surface area (Å²) in [4.78, 5) is 21.8. The second kappa shape index (κ2) is 5.30. The van der Waals surface area contributed by atoms with E-state index in [9.17, 15) is 14.9 Å². The summed E-state index contributed by atoms with van der Waals surface area (Å²) in [6.45, 7) is 0.365. The summed E-state index contributed by atoms with van der Waals surface area (Å²) in [5.74, 6) is -0.279. The zero-order chi connectivity index (χ0) is 13.8. The number of benzene rings is 1. The molecule has 1 amide bonds. The standard InChI is InChI=1S/C12H12N4O3/c1-15-8-9(7-14-15)6-13-12(17)10-2-4-11(5-3-10)16(18)19/h2-5,7-8H,6H2,1H3,(H,13,17). The van der Waals surface area contributed by atoms with E-state index < -0.39 is 4.92 Å². The van der Waals surface area contributed by atoms with Crippen molar-refractivity contribution in [2.24, 2.45) is 7.05 Å². The normalized spacial score (nSPS) is 10.2. The van der Waals surface area contributed by atoms with Crippen molar-refractivity contribution in [3.05, 3.63) is 57.9 Å². The van der Waals surface area contributed by atoms with Gasteiger partial charge in [-0.05, 0) is 12.1 Å². The SMILES string of the molecule is Cn1cc(CNC(=O)c2ccc([N+](=O)[O-])cc2)cn1. The van der Waals surface area contributed by atoms with Gasteiger partial charge < -0.3 is 5.32 Å². The molecule has 1 heterocycles. The molecule has 98 valence electrons. The molecule has 0 bridgehead atoms. The Labute approximate surface area is 109 Å². The lowest BCUT2D eigenvalue weighted by molar-refractivity contribution is -0.384. The summed E-state index contributed by atoms with van der Waals surface area (Å²) in [7, 11) is 1.79. The topological polar surface area (TPSA) is 90.1 Å². The average Bonchev–Trinajstić information content (AvgIpc) is 2.82. The number of hydrogen-bond donors (Lipinski definition) is 1. The van der Waals surface area contributed by atoms with Crippen LogP contribution in [-0.2, 0) is 13.6 Å². The molecule has 0 aliphatic heterocycles. The summed E-state index contributed by atoms with van der Waals surface area (Å²) >= 11 is 0. The van der Waals surface area contributed by atoms with Gasteiger partial charge in [-0.15, -0.1) is 0 Å². The number of amides is 1. The van der Waals surface area contributed by atoms with Crippen LogP contribution in [0.2, 0.25) is 0 Å². The molecule has 2 aromatic rings. The van der Waals surface area contributed by atoms with Gasteiger partial charge in [0.05, 0.1) is 11.1 Å². The second-order valence-electron chi connectivity index (χ2n) is 4.01. The molecule has 2 rings (SSSR count). The van der Waals surface area contributed by atoms with Gasteiger partial charge in [0.2, 0.25) is 0 Å². The lowest BCUT2D eigenvalue weighted by Crippen LogP contribution is -2.22. The van der Waals surface area contributed by atoms with E-state index in [-0.39, 0.29) is 11.6 Å². The fourth-order valence-corrected chi connectivity index (χ4v) is 1.58. The molecule has 0 saturated heterocycles.